The summed E-state index contributed by atoms with van der Waals surface area (Å²) in [6.07, 6.45) is 3.26. The first kappa shape index (κ1) is 13.5. The number of hydrogen-bond acceptors (Lipinski definition) is 5. The highest BCUT2D eigenvalue weighted by Crippen LogP contribution is 2.25. The number of carbonyl (C=O) groups is 1. The molecule has 2 aromatic rings. The van der Waals surface area contributed by atoms with Crippen LogP contribution in [0.25, 0.3) is 0 Å². The third-order valence-electron chi connectivity index (χ3n) is 2.68. The van der Waals surface area contributed by atoms with Crippen molar-refractivity contribution in [3.8, 4) is 0 Å². The van der Waals surface area contributed by atoms with Crippen molar-refractivity contribution in [1.82, 2.24) is 15.3 Å². The number of nitro groups is 1. The molecule has 3 N–H and O–H groups in total. The molecule has 0 bridgehead atoms. The van der Waals surface area contributed by atoms with Crippen molar-refractivity contribution < 1.29 is 9.72 Å². The van der Waals surface area contributed by atoms with Crippen molar-refractivity contribution in [2.45, 2.75) is 6.54 Å². The van der Waals surface area contributed by atoms with Crippen LogP contribution in [0.5, 0.6) is 0 Å². The van der Waals surface area contributed by atoms with E-state index in [-0.39, 0.29) is 17.2 Å². The van der Waals surface area contributed by atoms with E-state index < -0.39 is 4.92 Å². The van der Waals surface area contributed by atoms with E-state index in [9.17, 15) is 14.9 Å². The number of nitrogens with zero attached hydrogens (tertiary/aromatic N) is 2. The number of carbonyl (C=O) groups excluding carboxylic acids is 1. The Kier molecular flexibility index (Phi) is 3.94. The van der Waals surface area contributed by atoms with Gasteiger partial charge in [0.05, 0.1) is 11.5 Å². The van der Waals surface area contributed by atoms with Crippen LogP contribution >= 0.6 is 0 Å². The number of aromatic nitrogens is 2. The lowest BCUT2D eigenvalue weighted by molar-refractivity contribution is -0.384. The molecule has 104 valence electrons. The Hall–Kier alpha value is -2.90. The lowest BCUT2D eigenvalue weighted by Gasteiger charge is -2.07. The predicted molar refractivity (Wildman–Crippen MR) is 72.4 cm³/mol. The molecule has 0 atom stereocenters. The molecule has 0 aliphatic heterocycles. The monoisotopic (exact) mass is 275 g/mol. The molecule has 8 heteroatoms. The number of amides is 1. The van der Waals surface area contributed by atoms with E-state index >= 15 is 0 Å². The number of rotatable bonds is 5. The summed E-state index contributed by atoms with van der Waals surface area (Å²) < 4.78 is 0. The SMILES string of the molecule is CNC(=O)c1ccc(NCc2ncc[nH]2)c([N+](=O)[O-])c1. The van der Waals surface area contributed by atoms with Gasteiger partial charge in [-0.3, -0.25) is 14.9 Å². The molecule has 0 saturated carbocycles. The van der Waals surface area contributed by atoms with Crippen molar-refractivity contribution in [3.05, 3.63) is 52.1 Å². The van der Waals surface area contributed by atoms with E-state index in [2.05, 4.69) is 20.6 Å². The second-order valence-electron chi connectivity index (χ2n) is 3.96. The first-order valence-corrected chi connectivity index (χ1v) is 5.84. The van der Waals surface area contributed by atoms with Crippen LogP contribution in [0.4, 0.5) is 11.4 Å². The minimum absolute atomic E-state index is 0.155. The summed E-state index contributed by atoms with van der Waals surface area (Å²) >= 11 is 0. The number of H-pyrrole nitrogens is 1. The molecular formula is C12H13N5O3. The van der Waals surface area contributed by atoms with Crippen LogP contribution in [0.15, 0.2) is 30.6 Å². The van der Waals surface area contributed by atoms with E-state index in [0.717, 1.165) is 0 Å². The lowest BCUT2D eigenvalue weighted by Crippen LogP contribution is -2.18. The van der Waals surface area contributed by atoms with Gasteiger partial charge in [-0.05, 0) is 12.1 Å². The zero-order valence-corrected chi connectivity index (χ0v) is 10.7. The summed E-state index contributed by atoms with van der Waals surface area (Å²) in [6.45, 7) is 0.327. The summed E-state index contributed by atoms with van der Waals surface area (Å²) in [5.74, 6) is 0.292. The average Bonchev–Trinajstić information content (AvgIpc) is 2.97. The molecule has 20 heavy (non-hydrogen) atoms. The number of nitrogens with one attached hydrogen (secondary N) is 3. The first-order chi connectivity index (χ1) is 9.61. The number of nitro benzene ring substituents is 1. The van der Waals surface area contributed by atoms with Crippen LogP contribution in [-0.2, 0) is 6.54 Å². The Balaban J connectivity index is 2.23. The molecule has 0 radical (unpaired) electrons. The number of hydrogen-bond donors (Lipinski definition) is 3. The second kappa shape index (κ2) is 5.83. The fraction of sp³-hybridized carbons (Fsp3) is 0.167. The Morgan fingerprint density at radius 1 is 1.50 bits per heavy atom. The predicted octanol–water partition coefficient (Wildman–Crippen LogP) is 1.29. The fourth-order valence-corrected chi connectivity index (χ4v) is 1.69. The van der Waals surface area contributed by atoms with Gasteiger partial charge in [0.15, 0.2) is 0 Å². The summed E-state index contributed by atoms with van der Waals surface area (Å²) in [7, 11) is 1.47. The third-order valence-corrected chi connectivity index (χ3v) is 2.68. The standard InChI is InChI=1S/C12H13N5O3/c1-13-12(18)8-2-3-9(10(6-8)17(19)20)16-7-11-14-4-5-15-11/h2-6,16H,7H2,1H3,(H,13,18)(H,14,15). The third kappa shape index (κ3) is 2.91. The molecule has 1 aromatic heterocycles. The van der Waals surface area contributed by atoms with Gasteiger partial charge in [0, 0.05) is 31.1 Å². The largest absolute Gasteiger partial charge is 0.372 e. The summed E-state index contributed by atoms with van der Waals surface area (Å²) in [5.41, 5.74) is 0.416. The first-order valence-electron chi connectivity index (χ1n) is 5.84. The summed E-state index contributed by atoms with van der Waals surface area (Å²) in [6, 6.07) is 4.27. The number of anilines is 1. The molecule has 1 aromatic carbocycles. The van der Waals surface area contributed by atoms with Crippen molar-refractivity contribution in [2.24, 2.45) is 0 Å². The van der Waals surface area contributed by atoms with Gasteiger partial charge < -0.3 is 15.6 Å². The molecule has 1 heterocycles. The molecule has 1 amide bonds. The van der Waals surface area contributed by atoms with Crippen LogP contribution in [0.3, 0.4) is 0 Å². The maximum atomic E-state index is 11.5. The van der Waals surface area contributed by atoms with Gasteiger partial charge in [0.1, 0.15) is 11.5 Å². The minimum atomic E-state index is -0.531. The van der Waals surface area contributed by atoms with E-state index in [0.29, 0.717) is 18.1 Å². The molecule has 0 aliphatic carbocycles. The summed E-state index contributed by atoms with van der Waals surface area (Å²) in [5, 5.41) is 16.4. The number of benzene rings is 1. The highest BCUT2D eigenvalue weighted by Gasteiger charge is 2.17. The molecule has 2 rings (SSSR count). The normalized spacial score (nSPS) is 10.1. The highest BCUT2D eigenvalue weighted by molar-refractivity contribution is 5.95. The quantitative estimate of drug-likeness (QED) is 0.562. The van der Waals surface area contributed by atoms with E-state index in [1.165, 1.54) is 25.2 Å². The van der Waals surface area contributed by atoms with Gasteiger partial charge in [-0.25, -0.2) is 4.98 Å². The molecule has 0 spiro atoms. The second-order valence-corrected chi connectivity index (χ2v) is 3.96. The maximum absolute atomic E-state index is 11.5. The zero-order chi connectivity index (χ0) is 14.5. The van der Waals surface area contributed by atoms with Gasteiger partial charge >= 0.3 is 0 Å². The van der Waals surface area contributed by atoms with Crippen LogP contribution < -0.4 is 10.6 Å². The van der Waals surface area contributed by atoms with Crippen molar-refractivity contribution in [1.29, 1.82) is 0 Å². The van der Waals surface area contributed by atoms with Crippen molar-refractivity contribution in [2.75, 3.05) is 12.4 Å². The Morgan fingerprint density at radius 3 is 2.90 bits per heavy atom. The molecular weight excluding hydrogens is 262 g/mol. The number of aromatic amines is 1. The van der Waals surface area contributed by atoms with Gasteiger partial charge in [-0.1, -0.05) is 0 Å². The van der Waals surface area contributed by atoms with Crippen LogP contribution in [0, 0.1) is 10.1 Å². The molecule has 0 aliphatic rings. The maximum Gasteiger partial charge on any atom is 0.293 e. The average molecular weight is 275 g/mol. The topological polar surface area (TPSA) is 113 Å². The smallest absolute Gasteiger partial charge is 0.293 e. The van der Waals surface area contributed by atoms with Gasteiger partial charge in [-0.2, -0.15) is 0 Å². The molecule has 0 unspecified atom stereocenters. The van der Waals surface area contributed by atoms with Crippen molar-refractivity contribution in [3.63, 3.8) is 0 Å². The van der Waals surface area contributed by atoms with Crippen LogP contribution in [-0.4, -0.2) is 27.8 Å². The van der Waals surface area contributed by atoms with Crippen LogP contribution in [0.2, 0.25) is 0 Å². The van der Waals surface area contributed by atoms with E-state index in [1.807, 2.05) is 0 Å². The molecule has 0 saturated heterocycles. The van der Waals surface area contributed by atoms with Gasteiger partial charge in [0.25, 0.3) is 11.6 Å². The highest BCUT2D eigenvalue weighted by atomic mass is 16.6. The zero-order valence-electron chi connectivity index (χ0n) is 10.7. The Labute approximate surface area is 114 Å². The molecule has 0 fully saturated rings. The number of imidazole rings is 1. The Bertz CT molecular complexity index is 624. The van der Waals surface area contributed by atoms with Gasteiger partial charge in [-0.15, -0.1) is 0 Å². The van der Waals surface area contributed by atoms with Crippen molar-refractivity contribution >= 4 is 17.3 Å². The molecule has 8 nitrogen and oxygen atoms in total. The lowest BCUT2D eigenvalue weighted by atomic mass is 10.1. The Morgan fingerprint density at radius 2 is 2.30 bits per heavy atom. The summed E-state index contributed by atoms with van der Waals surface area (Å²) in [4.78, 5) is 28.9. The minimum Gasteiger partial charge on any atom is -0.372 e. The fourth-order valence-electron chi connectivity index (χ4n) is 1.69. The van der Waals surface area contributed by atoms with E-state index in [1.54, 1.807) is 12.4 Å². The van der Waals surface area contributed by atoms with Crippen LogP contribution in [0.1, 0.15) is 16.2 Å². The van der Waals surface area contributed by atoms with E-state index in [4.69, 9.17) is 0 Å². The van der Waals surface area contributed by atoms with Gasteiger partial charge in [0.2, 0.25) is 0 Å².